The molecule has 5 heterocycles. The summed E-state index contributed by atoms with van der Waals surface area (Å²) in [6, 6.07) is 19.2. The van der Waals surface area contributed by atoms with Gasteiger partial charge in [-0.05, 0) is 93.5 Å². The van der Waals surface area contributed by atoms with E-state index < -0.39 is 0 Å². The first-order valence-electron chi connectivity index (χ1n) is 17.5. The number of aromatic amines is 2. The van der Waals surface area contributed by atoms with Gasteiger partial charge in [-0.3, -0.25) is 9.59 Å². The third-order valence-electron chi connectivity index (χ3n) is 9.82. The molecule has 3 atom stereocenters. The van der Waals surface area contributed by atoms with E-state index in [0.29, 0.717) is 31.1 Å². The van der Waals surface area contributed by atoms with Crippen LogP contribution in [0.1, 0.15) is 97.1 Å². The minimum absolute atomic E-state index is 0.0321. The van der Waals surface area contributed by atoms with Crippen molar-refractivity contribution in [2.24, 2.45) is 0 Å². The van der Waals surface area contributed by atoms with Crippen LogP contribution in [0.3, 0.4) is 0 Å². The second-order valence-electron chi connectivity index (χ2n) is 13.2. The van der Waals surface area contributed by atoms with Crippen molar-refractivity contribution in [2.45, 2.75) is 70.1 Å². The lowest BCUT2D eigenvalue weighted by molar-refractivity contribution is -0.142. The van der Waals surface area contributed by atoms with Gasteiger partial charge < -0.3 is 29.2 Å². The summed E-state index contributed by atoms with van der Waals surface area (Å²) in [6.07, 6.45) is 5.89. The normalized spacial score (nSPS) is 20.6. The number of fused-ring (bicyclic) bond motifs is 2. The number of amides is 2. The molecule has 5 aromatic rings. The van der Waals surface area contributed by atoms with Crippen molar-refractivity contribution in [1.29, 1.82) is 0 Å². The highest BCUT2D eigenvalue weighted by atomic mass is 16.5. The Morgan fingerprint density at radius 2 is 1.47 bits per heavy atom. The molecule has 10 heteroatoms. The van der Waals surface area contributed by atoms with Crippen molar-refractivity contribution in [3.63, 3.8) is 0 Å². The molecule has 3 aliphatic rings. The lowest BCUT2D eigenvalue weighted by atomic mass is 10.1. The SMILES string of the molecule is CCCOc1ccccc1C(=O)N1CCC[C@H]1c1nc2ccc(C#Cc3ccc4nc(C5CCCN5C(=O)[C@@H]5CCCO5)[nH]c4c3)cc2[nH]1. The molecule has 0 aliphatic carbocycles. The second kappa shape index (κ2) is 13.4. The second-order valence-corrected chi connectivity index (χ2v) is 13.2. The zero-order valence-electron chi connectivity index (χ0n) is 27.7. The number of hydrogen-bond donors (Lipinski definition) is 2. The Morgan fingerprint density at radius 3 is 2.10 bits per heavy atom. The van der Waals surface area contributed by atoms with Crippen LogP contribution < -0.4 is 4.74 Å². The summed E-state index contributed by atoms with van der Waals surface area (Å²) in [7, 11) is 0. The number of para-hydroxylation sites is 1. The summed E-state index contributed by atoms with van der Waals surface area (Å²) in [5, 5.41) is 0. The van der Waals surface area contributed by atoms with Gasteiger partial charge in [0.15, 0.2) is 0 Å². The summed E-state index contributed by atoms with van der Waals surface area (Å²) in [4.78, 5) is 47.4. The number of nitrogens with zero attached hydrogens (tertiary/aromatic N) is 4. The molecule has 2 aromatic heterocycles. The standard InChI is InChI=1S/C39H40N6O4/c1-2-21-48-34-11-4-3-8-27(34)38(46)44-19-5-9-32(44)36-40-28-17-15-25(23-30(28)42-36)13-14-26-16-18-29-31(24-26)43-37(41-29)33-10-6-20-45(33)39(47)35-12-7-22-49-35/h3-4,8,11,15-18,23-24,32-33,35H,2,5-7,9-10,12,19-22H2,1H3,(H,40,42)(H,41,43)/t32-,33?,35-/m0/s1. The number of hydrogen-bond acceptors (Lipinski definition) is 6. The molecule has 3 aromatic carbocycles. The van der Waals surface area contributed by atoms with Crippen molar-refractivity contribution < 1.29 is 19.1 Å². The van der Waals surface area contributed by atoms with E-state index in [1.165, 1.54) is 0 Å². The van der Waals surface area contributed by atoms with E-state index in [-0.39, 0.29) is 30.0 Å². The third kappa shape index (κ3) is 6.15. The molecule has 8 rings (SSSR count). The predicted octanol–water partition coefficient (Wildman–Crippen LogP) is 6.45. The minimum atomic E-state index is -0.320. The Bertz CT molecular complexity index is 2080. The van der Waals surface area contributed by atoms with Crippen molar-refractivity contribution in [1.82, 2.24) is 29.7 Å². The Labute approximate surface area is 285 Å². The fourth-order valence-corrected chi connectivity index (χ4v) is 7.38. The quantitative estimate of drug-likeness (QED) is 0.195. The van der Waals surface area contributed by atoms with Crippen molar-refractivity contribution >= 4 is 33.9 Å². The summed E-state index contributed by atoms with van der Waals surface area (Å²) in [5.74, 6) is 8.90. The fraction of sp³-hybridized carbons (Fsp3) is 0.385. The fourth-order valence-electron chi connectivity index (χ4n) is 7.38. The maximum absolute atomic E-state index is 13.7. The Hall–Kier alpha value is -5.14. The van der Waals surface area contributed by atoms with E-state index >= 15 is 0 Å². The third-order valence-corrected chi connectivity index (χ3v) is 9.82. The van der Waals surface area contributed by atoms with Crippen molar-refractivity contribution in [3.8, 4) is 17.6 Å². The number of nitrogens with one attached hydrogen (secondary N) is 2. The van der Waals surface area contributed by atoms with Gasteiger partial charge in [0.05, 0.1) is 46.3 Å². The Kier molecular flexibility index (Phi) is 8.52. The number of H-pyrrole nitrogens is 2. The number of carbonyl (C=O) groups is 2. The molecule has 1 unspecified atom stereocenters. The van der Waals surface area contributed by atoms with E-state index in [1.54, 1.807) is 0 Å². The van der Waals surface area contributed by atoms with Crippen LogP contribution in [0, 0.1) is 11.8 Å². The Balaban J connectivity index is 0.989. The molecule has 250 valence electrons. The number of carbonyl (C=O) groups excluding carboxylic acids is 2. The summed E-state index contributed by atoms with van der Waals surface area (Å²) >= 11 is 0. The number of ether oxygens (including phenoxy) is 2. The Morgan fingerprint density at radius 1 is 0.837 bits per heavy atom. The van der Waals surface area contributed by atoms with Gasteiger partial charge in [0.25, 0.3) is 11.8 Å². The first kappa shape index (κ1) is 31.1. The zero-order valence-corrected chi connectivity index (χ0v) is 27.7. The summed E-state index contributed by atoms with van der Waals surface area (Å²) in [5.41, 5.74) is 5.82. The van der Waals surface area contributed by atoms with E-state index in [2.05, 4.69) is 28.7 Å². The van der Waals surface area contributed by atoms with E-state index in [0.717, 1.165) is 96.3 Å². The van der Waals surface area contributed by atoms with Gasteiger partial charge in [0.2, 0.25) is 0 Å². The summed E-state index contributed by atoms with van der Waals surface area (Å²) < 4.78 is 11.6. The molecular formula is C39H40N6O4. The van der Waals surface area contributed by atoms with Gasteiger partial charge in [-0.2, -0.15) is 0 Å². The molecule has 0 saturated carbocycles. The predicted molar refractivity (Wildman–Crippen MR) is 186 cm³/mol. The van der Waals surface area contributed by atoms with Crippen LogP contribution in [-0.4, -0.2) is 74.0 Å². The van der Waals surface area contributed by atoms with Gasteiger partial charge in [0.1, 0.15) is 23.5 Å². The number of benzene rings is 3. The molecule has 0 bridgehead atoms. The first-order valence-corrected chi connectivity index (χ1v) is 17.5. The zero-order chi connectivity index (χ0) is 33.3. The van der Waals surface area contributed by atoms with Gasteiger partial charge in [-0.1, -0.05) is 30.9 Å². The van der Waals surface area contributed by atoms with Gasteiger partial charge >= 0.3 is 0 Å². The molecule has 3 fully saturated rings. The number of aromatic nitrogens is 4. The van der Waals surface area contributed by atoms with Gasteiger partial charge in [-0.15, -0.1) is 0 Å². The number of imidazole rings is 2. The lowest BCUT2D eigenvalue weighted by Gasteiger charge is -2.25. The van der Waals surface area contributed by atoms with E-state index in [4.69, 9.17) is 19.4 Å². The van der Waals surface area contributed by atoms with Crippen LogP contribution in [0.15, 0.2) is 60.7 Å². The molecule has 2 N–H and O–H groups in total. The molecule has 3 saturated heterocycles. The monoisotopic (exact) mass is 656 g/mol. The molecule has 0 spiro atoms. The van der Waals surface area contributed by atoms with Crippen LogP contribution in [-0.2, 0) is 9.53 Å². The van der Waals surface area contributed by atoms with Crippen LogP contribution >= 0.6 is 0 Å². The van der Waals surface area contributed by atoms with Crippen LogP contribution in [0.2, 0.25) is 0 Å². The van der Waals surface area contributed by atoms with E-state index in [9.17, 15) is 9.59 Å². The van der Waals surface area contributed by atoms with Crippen molar-refractivity contribution in [3.05, 3.63) is 89.0 Å². The summed E-state index contributed by atoms with van der Waals surface area (Å²) in [6.45, 7) is 4.69. The molecule has 49 heavy (non-hydrogen) atoms. The molecule has 3 aliphatic heterocycles. The molecule has 10 nitrogen and oxygen atoms in total. The number of rotatable bonds is 7. The first-order chi connectivity index (χ1) is 24.1. The molecule has 0 radical (unpaired) electrons. The highest BCUT2D eigenvalue weighted by molar-refractivity contribution is 5.97. The minimum Gasteiger partial charge on any atom is -0.493 e. The highest BCUT2D eigenvalue weighted by Crippen LogP contribution is 2.35. The lowest BCUT2D eigenvalue weighted by Crippen LogP contribution is -2.38. The van der Waals surface area contributed by atoms with Crippen molar-refractivity contribution in [2.75, 3.05) is 26.3 Å². The maximum atomic E-state index is 13.7. The molecule has 2 amide bonds. The van der Waals surface area contributed by atoms with Crippen LogP contribution in [0.25, 0.3) is 22.1 Å². The van der Waals surface area contributed by atoms with Crippen LogP contribution in [0.4, 0.5) is 0 Å². The molecular weight excluding hydrogens is 616 g/mol. The average Bonchev–Trinajstić information content (AvgIpc) is 3.98. The smallest absolute Gasteiger partial charge is 0.258 e. The largest absolute Gasteiger partial charge is 0.493 e. The van der Waals surface area contributed by atoms with Crippen LogP contribution in [0.5, 0.6) is 5.75 Å². The van der Waals surface area contributed by atoms with E-state index in [1.807, 2.05) is 70.5 Å². The maximum Gasteiger partial charge on any atom is 0.258 e. The van der Waals surface area contributed by atoms with Gasteiger partial charge in [-0.25, -0.2) is 9.97 Å². The topological polar surface area (TPSA) is 116 Å². The average molecular weight is 657 g/mol. The van der Waals surface area contributed by atoms with Gasteiger partial charge in [0, 0.05) is 30.8 Å². The number of likely N-dealkylation sites (tertiary alicyclic amines) is 2. The highest BCUT2D eigenvalue weighted by Gasteiger charge is 2.37.